The number of nitrogens with one attached hydrogen (secondary N) is 3. The number of hydrogen-bond donors (Lipinski definition) is 3. The zero-order chi connectivity index (χ0) is 42.4. The van der Waals surface area contributed by atoms with Gasteiger partial charge >= 0.3 is 6.18 Å². The first-order valence-electron chi connectivity index (χ1n) is 19.1. The molecule has 0 saturated carbocycles. The summed E-state index contributed by atoms with van der Waals surface area (Å²) in [5.41, 5.74) is -1.03. The number of carbonyl (C=O) groups is 4. The fraction of sp³-hybridized carbons (Fsp3) is 0.425. The second-order valence-corrected chi connectivity index (χ2v) is 16.2. The molecule has 0 radical (unpaired) electrons. The van der Waals surface area contributed by atoms with E-state index in [9.17, 15) is 37.6 Å². The number of imide groups is 1. The lowest BCUT2D eigenvalue weighted by Gasteiger charge is -2.33. The Bertz CT molecular complexity index is 2270. The van der Waals surface area contributed by atoms with Gasteiger partial charge in [-0.3, -0.25) is 39.2 Å². The molecule has 4 fully saturated rings. The molecule has 19 heteroatoms. The lowest BCUT2D eigenvalue weighted by molar-refractivity contribution is -0.138. The van der Waals surface area contributed by atoms with Gasteiger partial charge in [-0.15, -0.1) is 0 Å². The number of piperidine rings is 1. The molecule has 59 heavy (non-hydrogen) atoms. The maximum atomic E-state index is 13.7. The number of ether oxygens (including phenoxy) is 1. The molecule has 0 aliphatic carbocycles. The van der Waals surface area contributed by atoms with E-state index < -0.39 is 40.8 Å². The van der Waals surface area contributed by atoms with Crippen molar-refractivity contribution in [2.75, 3.05) is 53.2 Å². The number of pyridine rings is 1. The number of carbonyl (C=O) groups excluding carboxylic acids is 4. The maximum absolute atomic E-state index is 13.7. The van der Waals surface area contributed by atoms with E-state index in [1.54, 1.807) is 49.1 Å². The highest BCUT2D eigenvalue weighted by Crippen LogP contribution is 2.40. The van der Waals surface area contributed by atoms with Crippen LogP contribution in [0, 0.1) is 11.3 Å². The number of aromatic nitrogens is 1. The molecule has 1 aromatic heterocycles. The van der Waals surface area contributed by atoms with Gasteiger partial charge in [0.25, 0.3) is 5.91 Å². The maximum Gasteiger partial charge on any atom is 0.419 e. The van der Waals surface area contributed by atoms with Gasteiger partial charge in [-0.25, -0.2) is 4.98 Å². The first-order valence-corrected chi connectivity index (χ1v) is 19.9. The van der Waals surface area contributed by atoms with E-state index in [2.05, 4.69) is 30.7 Å². The normalized spacial score (nSPS) is 21.8. The molecule has 2 aromatic carbocycles. The molecule has 1 unspecified atom stereocenters. The number of fused-ring (bicyclic) bond motifs is 2. The number of amides is 4. The first kappa shape index (κ1) is 41.8. The van der Waals surface area contributed by atoms with Gasteiger partial charge in [0.15, 0.2) is 10.8 Å². The molecule has 310 valence electrons. The Labute approximate surface area is 348 Å². The van der Waals surface area contributed by atoms with E-state index in [1.165, 1.54) is 6.07 Å². The van der Waals surface area contributed by atoms with Crippen molar-refractivity contribution in [2.24, 2.45) is 0 Å². The van der Waals surface area contributed by atoms with Gasteiger partial charge in [0, 0.05) is 60.2 Å². The highest BCUT2D eigenvalue weighted by Gasteiger charge is 2.51. The van der Waals surface area contributed by atoms with Crippen LogP contribution in [0.4, 0.5) is 35.9 Å². The van der Waals surface area contributed by atoms with Gasteiger partial charge < -0.3 is 20.3 Å². The molecule has 3 atom stereocenters. The minimum atomic E-state index is -4.86. The zero-order valence-corrected chi connectivity index (χ0v) is 33.9. The van der Waals surface area contributed by atoms with Gasteiger partial charge in [0.1, 0.15) is 30.0 Å². The van der Waals surface area contributed by atoms with Crippen LogP contribution in [-0.2, 0) is 31.8 Å². The van der Waals surface area contributed by atoms with Crippen LogP contribution in [0.3, 0.4) is 0 Å². The Morgan fingerprint density at radius 2 is 1.81 bits per heavy atom. The predicted molar refractivity (Wildman–Crippen MR) is 217 cm³/mol. The summed E-state index contributed by atoms with van der Waals surface area (Å²) in [5.74, 6) is -0.785. The molecule has 3 aromatic rings. The highest BCUT2D eigenvalue weighted by atomic mass is 35.5. The van der Waals surface area contributed by atoms with Crippen LogP contribution in [0.5, 0.6) is 5.75 Å². The number of likely N-dealkylation sites (tertiary alicyclic amines) is 2. The summed E-state index contributed by atoms with van der Waals surface area (Å²) in [7, 11) is 0. The largest absolute Gasteiger partial charge is 0.492 e. The number of thiocarbonyl (C=S) groups is 1. The van der Waals surface area contributed by atoms with Crippen molar-refractivity contribution in [1.82, 2.24) is 20.1 Å². The molecule has 3 N–H and O–H groups in total. The van der Waals surface area contributed by atoms with Gasteiger partial charge in [0.05, 0.1) is 24.0 Å². The van der Waals surface area contributed by atoms with E-state index >= 15 is 0 Å². The number of piperazine rings is 1. The number of benzene rings is 2. The van der Waals surface area contributed by atoms with Crippen molar-refractivity contribution in [3.8, 4) is 11.8 Å². The van der Waals surface area contributed by atoms with Crippen LogP contribution >= 0.6 is 23.8 Å². The predicted octanol–water partition coefficient (Wildman–Crippen LogP) is 5.10. The lowest BCUT2D eigenvalue weighted by Crippen LogP contribution is -2.49. The summed E-state index contributed by atoms with van der Waals surface area (Å²) < 4.78 is 47.5. The van der Waals surface area contributed by atoms with Gasteiger partial charge in [-0.2, -0.15) is 18.4 Å². The Hall–Kier alpha value is -5.35. The van der Waals surface area contributed by atoms with Crippen LogP contribution in [0.15, 0.2) is 48.7 Å². The van der Waals surface area contributed by atoms with Crippen LogP contribution in [0.2, 0.25) is 5.02 Å². The van der Waals surface area contributed by atoms with Crippen molar-refractivity contribution in [3.63, 3.8) is 0 Å². The van der Waals surface area contributed by atoms with Crippen molar-refractivity contribution in [2.45, 2.75) is 76.3 Å². The quantitative estimate of drug-likeness (QED) is 0.164. The molecular weight excluding hydrogens is 811 g/mol. The molecule has 4 aliphatic rings. The number of halogens is 4. The third-order valence-electron chi connectivity index (χ3n) is 11.1. The fourth-order valence-corrected chi connectivity index (χ4v) is 8.95. The first-order chi connectivity index (χ1) is 28.0. The SMILES string of the molecule is CCc1cc(N2C(=S)N(c3cnc(C#N)c(C(F)(F)F)c3)C(=O)C2(C)C)ccc1OCCN1C[C@H]2C[C@@H]1CN2CC(=O)Nc1cc(Cl)cc(NC2CCC(=O)NC2=O)c1. The van der Waals surface area contributed by atoms with Crippen LogP contribution in [0.1, 0.15) is 56.9 Å². The third kappa shape index (κ3) is 8.56. The van der Waals surface area contributed by atoms with Crippen LogP contribution in [0.25, 0.3) is 0 Å². The smallest absolute Gasteiger partial charge is 0.419 e. The molecule has 4 amide bonds. The minimum Gasteiger partial charge on any atom is -0.492 e. The second kappa shape index (κ2) is 16.4. The molecular formula is C40H41ClF3N9O5S. The molecule has 5 heterocycles. The number of anilines is 4. The van der Waals surface area contributed by atoms with Crippen molar-refractivity contribution in [3.05, 3.63) is 70.5 Å². The average molecular weight is 852 g/mol. The van der Waals surface area contributed by atoms with E-state index in [1.807, 2.05) is 13.0 Å². The second-order valence-electron chi connectivity index (χ2n) is 15.4. The number of hydrogen-bond acceptors (Lipinski definition) is 11. The summed E-state index contributed by atoms with van der Waals surface area (Å²) in [4.78, 5) is 61.3. The summed E-state index contributed by atoms with van der Waals surface area (Å²) >= 11 is 12.0. The zero-order valence-electron chi connectivity index (χ0n) is 32.4. The number of rotatable bonds is 12. The Morgan fingerprint density at radius 3 is 2.49 bits per heavy atom. The van der Waals surface area contributed by atoms with Crippen LogP contribution in [-0.4, -0.2) is 100.0 Å². The lowest BCUT2D eigenvalue weighted by atomic mass is 10.0. The monoisotopic (exact) mass is 851 g/mol. The molecule has 7 rings (SSSR count). The third-order valence-corrected chi connectivity index (χ3v) is 11.7. The van der Waals surface area contributed by atoms with E-state index in [0.717, 1.165) is 42.2 Å². The van der Waals surface area contributed by atoms with Crippen molar-refractivity contribution in [1.29, 1.82) is 5.26 Å². The van der Waals surface area contributed by atoms with E-state index in [0.29, 0.717) is 53.8 Å². The summed E-state index contributed by atoms with van der Waals surface area (Å²) in [5, 5.41) is 17.9. The Kier molecular flexibility index (Phi) is 11.6. The molecule has 14 nitrogen and oxygen atoms in total. The summed E-state index contributed by atoms with van der Waals surface area (Å²) in [6.45, 7) is 8.03. The highest BCUT2D eigenvalue weighted by molar-refractivity contribution is 7.81. The number of nitriles is 1. The number of aryl methyl sites for hydroxylation is 1. The summed E-state index contributed by atoms with van der Waals surface area (Å²) in [6, 6.07) is 12.5. The van der Waals surface area contributed by atoms with Crippen molar-refractivity contribution < 1.29 is 37.1 Å². The minimum absolute atomic E-state index is 0.0242. The molecule has 0 spiro atoms. The van der Waals surface area contributed by atoms with Crippen LogP contribution < -0.4 is 30.5 Å². The fourth-order valence-electron chi connectivity index (χ4n) is 8.19. The number of alkyl halides is 3. The Morgan fingerprint density at radius 1 is 1.08 bits per heavy atom. The standard InChI is InChI=1S/C40H41ClF3N9O5S/c1-4-22-11-26(53-38(59)52(37(57)39(53,2)3)27-16-30(40(42,43)44)32(17-45)46-18-27)5-7-33(22)58-10-9-50-19-29-15-28(50)20-51(29)21-35(55)48-25-13-23(41)12-24(14-25)47-31-6-8-34(54)49-36(31)56/h5,7,11-14,16,18,28-29,31,47H,4,6,8-10,15,19-21H2,1-3H3,(H,48,55)(H,49,54,56)/t28-,29-,31?/m1/s1. The van der Waals surface area contributed by atoms with E-state index in [4.69, 9.17) is 28.6 Å². The van der Waals surface area contributed by atoms with Crippen molar-refractivity contribution >= 4 is 75.3 Å². The van der Waals surface area contributed by atoms with Gasteiger partial charge in [-0.1, -0.05) is 18.5 Å². The topological polar surface area (TPSA) is 163 Å². The number of nitrogens with zero attached hydrogens (tertiary/aromatic N) is 6. The average Bonchev–Trinajstić information content (AvgIpc) is 3.80. The van der Waals surface area contributed by atoms with E-state index in [-0.39, 0.29) is 47.7 Å². The molecule has 4 saturated heterocycles. The van der Waals surface area contributed by atoms with Gasteiger partial charge in [-0.05, 0) is 93.4 Å². The Balaban J connectivity index is 0.924. The molecule has 2 bridgehead atoms. The summed E-state index contributed by atoms with van der Waals surface area (Å²) in [6.07, 6.45) is -1.71. The molecule has 4 aliphatic heterocycles. The van der Waals surface area contributed by atoms with Gasteiger partial charge in [0.2, 0.25) is 17.7 Å².